The summed E-state index contributed by atoms with van der Waals surface area (Å²) in [7, 11) is 1.69. The molecule has 0 aliphatic heterocycles. The van der Waals surface area contributed by atoms with E-state index in [1.807, 2.05) is 0 Å². The first-order valence-electron chi connectivity index (χ1n) is 8.50. The monoisotopic (exact) mass is 337 g/mol. The third kappa shape index (κ3) is 21.7. The van der Waals surface area contributed by atoms with Crippen LogP contribution in [-0.2, 0) is 28.4 Å². The summed E-state index contributed by atoms with van der Waals surface area (Å²) in [6.07, 6.45) is 1.04. The van der Waals surface area contributed by atoms with Gasteiger partial charge >= 0.3 is 0 Å². The summed E-state index contributed by atoms with van der Waals surface area (Å²) in [4.78, 5) is 0. The molecule has 0 aliphatic rings. The van der Waals surface area contributed by atoms with Crippen LogP contribution in [0.1, 0.15) is 13.3 Å². The van der Waals surface area contributed by atoms with Gasteiger partial charge in [-0.15, -0.1) is 0 Å². The lowest BCUT2D eigenvalue weighted by molar-refractivity contribution is -0.0107. The van der Waals surface area contributed by atoms with E-state index in [0.29, 0.717) is 59.5 Å². The van der Waals surface area contributed by atoms with E-state index in [4.69, 9.17) is 28.4 Å². The summed E-state index contributed by atoms with van der Waals surface area (Å²) < 4.78 is 31.8. The van der Waals surface area contributed by atoms with Crippen molar-refractivity contribution in [2.24, 2.45) is 0 Å². The first-order valence-corrected chi connectivity index (χ1v) is 8.50. The average Bonchev–Trinajstić information content (AvgIpc) is 2.57. The number of ether oxygens (including phenoxy) is 6. The summed E-state index contributed by atoms with van der Waals surface area (Å²) in [6, 6.07) is 0. The topological polar surface area (TPSA) is 67.4 Å². The van der Waals surface area contributed by atoms with Gasteiger partial charge < -0.3 is 33.7 Å². The minimum absolute atomic E-state index is 0.578. The molecule has 0 radical (unpaired) electrons. The molecule has 0 saturated heterocycles. The summed E-state index contributed by atoms with van der Waals surface area (Å²) in [6.45, 7) is 10.8. The van der Waals surface area contributed by atoms with Crippen molar-refractivity contribution >= 4 is 0 Å². The predicted molar refractivity (Wildman–Crippen MR) is 89.1 cm³/mol. The van der Waals surface area contributed by atoms with Crippen LogP contribution in [0.2, 0.25) is 0 Å². The Hall–Kier alpha value is -0.280. The van der Waals surface area contributed by atoms with Crippen molar-refractivity contribution in [3.05, 3.63) is 0 Å². The number of hydrogen-bond donors (Lipinski definition) is 1. The lowest BCUT2D eigenvalue weighted by atomic mass is 10.5. The molecule has 0 aromatic heterocycles. The first-order chi connectivity index (χ1) is 11.4. The van der Waals surface area contributed by atoms with Gasteiger partial charge in [0.2, 0.25) is 0 Å². The molecule has 0 rings (SSSR count). The van der Waals surface area contributed by atoms with Gasteiger partial charge in [-0.25, -0.2) is 0 Å². The molecule has 0 aliphatic carbocycles. The average molecular weight is 337 g/mol. The van der Waals surface area contributed by atoms with Gasteiger partial charge in [0, 0.05) is 26.8 Å². The maximum Gasteiger partial charge on any atom is 0.0701 e. The maximum atomic E-state index is 5.41. The second-order valence-corrected chi connectivity index (χ2v) is 4.80. The Morgan fingerprint density at radius 2 is 0.913 bits per heavy atom. The number of methoxy groups -OCH3 is 1. The highest BCUT2D eigenvalue weighted by Crippen LogP contribution is 1.84. The summed E-state index contributed by atoms with van der Waals surface area (Å²) in [5.41, 5.74) is 0. The molecule has 140 valence electrons. The van der Waals surface area contributed by atoms with Gasteiger partial charge in [0.25, 0.3) is 0 Å². The second-order valence-electron chi connectivity index (χ2n) is 4.80. The largest absolute Gasteiger partial charge is 0.383 e. The fraction of sp³-hybridized carbons (Fsp3) is 1.00. The first kappa shape index (κ1) is 22.7. The fourth-order valence-corrected chi connectivity index (χ4v) is 1.57. The lowest BCUT2D eigenvalue weighted by Gasteiger charge is -2.08. The molecule has 0 saturated carbocycles. The van der Waals surface area contributed by atoms with Crippen molar-refractivity contribution in [1.29, 1.82) is 0 Å². The van der Waals surface area contributed by atoms with Crippen LogP contribution in [-0.4, -0.2) is 92.9 Å². The van der Waals surface area contributed by atoms with Crippen LogP contribution in [0.3, 0.4) is 0 Å². The Kier molecular flexibility index (Phi) is 21.5. The minimum atomic E-state index is 0.578. The zero-order valence-electron chi connectivity index (χ0n) is 14.8. The van der Waals surface area contributed by atoms with E-state index in [1.54, 1.807) is 7.11 Å². The van der Waals surface area contributed by atoms with Gasteiger partial charge in [0.15, 0.2) is 0 Å². The Bertz CT molecular complexity index is 189. The summed E-state index contributed by atoms with van der Waals surface area (Å²) in [5, 5.41) is 3.21. The van der Waals surface area contributed by atoms with Crippen molar-refractivity contribution in [2.45, 2.75) is 13.3 Å². The van der Waals surface area contributed by atoms with E-state index in [-0.39, 0.29) is 0 Å². The Balaban J connectivity index is 2.92. The molecule has 0 amide bonds. The Morgan fingerprint density at radius 1 is 0.522 bits per heavy atom. The lowest BCUT2D eigenvalue weighted by Crippen LogP contribution is -2.24. The third-order valence-corrected chi connectivity index (χ3v) is 2.74. The zero-order chi connectivity index (χ0) is 16.8. The van der Waals surface area contributed by atoms with Gasteiger partial charge in [-0.2, -0.15) is 0 Å². The van der Waals surface area contributed by atoms with Crippen LogP contribution < -0.4 is 5.32 Å². The molecule has 0 heterocycles. The van der Waals surface area contributed by atoms with E-state index >= 15 is 0 Å². The van der Waals surface area contributed by atoms with Crippen LogP contribution in [0.25, 0.3) is 0 Å². The third-order valence-electron chi connectivity index (χ3n) is 2.74. The highest BCUT2D eigenvalue weighted by molar-refractivity contribution is 4.44. The zero-order valence-corrected chi connectivity index (χ0v) is 14.8. The van der Waals surface area contributed by atoms with Gasteiger partial charge in [0.05, 0.1) is 66.1 Å². The molecule has 0 spiro atoms. The summed E-state index contributed by atoms with van der Waals surface area (Å²) in [5.74, 6) is 0. The molecule has 7 heteroatoms. The van der Waals surface area contributed by atoms with E-state index < -0.39 is 0 Å². The van der Waals surface area contributed by atoms with Crippen LogP contribution in [0.5, 0.6) is 0 Å². The van der Waals surface area contributed by atoms with Crippen molar-refractivity contribution in [3.8, 4) is 0 Å². The molecule has 23 heavy (non-hydrogen) atoms. The predicted octanol–water partition coefficient (Wildman–Crippen LogP) is 0.715. The van der Waals surface area contributed by atoms with Crippen molar-refractivity contribution < 1.29 is 28.4 Å². The molecule has 7 nitrogen and oxygen atoms in total. The SMILES string of the molecule is CCCOCCOCCOCCOCCOCCNCCOC. The number of rotatable bonds is 20. The van der Waals surface area contributed by atoms with Gasteiger partial charge in [0.1, 0.15) is 0 Å². The molecular formula is C16H35NO6. The Morgan fingerprint density at radius 3 is 1.35 bits per heavy atom. The smallest absolute Gasteiger partial charge is 0.0701 e. The molecule has 0 aromatic rings. The molecular weight excluding hydrogens is 302 g/mol. The second kappa shape index (κ2) is 21.7. The highest BCUT2D eigenvalue weighted by atomic mass is 16.6. The van der Waals surface area contributed by atoms with Gasteiger partial charge in [-0.05, 0) is 6.42 Å². The molecule has 1 N–H and O–H groups in total. The van der Waals surface area contributed by atoms with E-state index in [0.717, 1.165) is 32.7 Å². The van der Waals surface area contributed by atoms with E-state index in [2.05, 4.69) is 12.2 Å². The van der Waals surface area contributed by atoms with Crippen LogP contribution in [0, 0.1) is 0 Å². The standard InChI is InChI=1S/C16H35NO6/c1-3-6-19-9-11-21-13-15-23-16-14-22-12-10-20-8-5-17-4-7-18-2/h17H,3-16H2,1-2H3. The molecule has 0 fully saturated rings. The van der Waals surface area contributed by atoms with Crippen molar-refractivity contribution in [1.82, 2.24) is 5.32 Å². The fourth-order valence-electron chi connectivity index (χ4n) is 1.57. The number of nitrogens with one attached hydrogen (secondary N) is 1. The minimum Gasteiger partial charge on any atom is -0.383 e. The highest BCUT2D eigenvalue weighted by Gasteiger charge is 1.93. The molecule has 0 unspecified atom stereocenters. The van der Waals surface area contributed by atoms with E-state index in [1.165, 1.54) is 0 Å². The quantitative estimate of drug-likeness (QED) is 0.328. The van der Waals surface area contributed by atoms with Gasteiger partial charge in [-0.3, -0.25) is 0 Å². The van der Waals surface area contributed by atoms with Crippen molar-refractivity contribution in [2.75, 3.05) is 92.9 Å². The Labute approximate surface area is 140 Å². The normalized spacial score (nSPS) is 11.2. The van der Waals surface area contributed by atoms with E-state index in [9.17, 15) is 0 Å². The maximum absolute atomic E-state index is 5.41. The molecule has 0 bridgehead atoms. The van der Waals surface area contributed by atoms with Gasteiger partial charge in [-0.1, -0.05) is 6.92 Å². The molecule has 0 aromatic carbocycles. The number of hydrogen-bond acceptors (Lipinski definition) is 7. The van der Waals surface area contributed by atoms with Crippen LogP contribution in [0.4, 0.5) is 0 Å². The van der Waals surface area contributed by atoms with Crippen LogP contribution in [0.15, 0.2) is 0 Å². The molecule has 0 atom stereocenters. The van der Waals surface area contributed by atoms with Crippen LogP contribution >= 0.6 is 0 Å². The van der Waals surface area contributed by atoms with Crippen molar-refractivity contribution in [3.63, 3.8) is 0 Å². The summed E-state index contributed by atoms with van der Waals surface area (Å²) >= 11 is 0.